The molecule has 0 bridgehead atoms. The Balaban J connectivity index is 1.92. The summed E-state index contributed by atoms with van der Waals surface area (Å²) in [4.78, 5) is 14.6. The van der Waals surface area contributed by atoms with Crippen molar-refractivity contribution in [1.82, 2.24) is 10.2 Å². The van der Waals surface area contributed by atoms with Gasteiger partial charge >= 0.3 is 0 Å². The number of hydrogen-bond acceptors (Lipinski definition) is 3. The highest BCUT2D eigenvalue weighted by Crippen LogP contribution is 2.32. The number of hydrogen-bond donors (Lipinski definition) is 1. The number of carbonyl (C=O) groups is 1. The van der Waals surface area contributed by atoms with E-state index in [9.17, 15) is 4.79 Å². The van der Waals surface area contributed by atoms with Crippen molar-refractivity contribution in [3.63, 3.8) is 0 Å². The van der Waals surface area contributed by atoms with Gasteiger partial charge in [0.25, 0.3) is 0 Å². The normalized spacial score (nSPS) is 27.4. The van der Waals surface area contributed by atoms with E-state index in [-0.39, 0.29) is 24.2 Å². The lowest BCUT2D eigenvalue weighted by Crippen LogP contribution is -2.43. The van der Waals surface area contributed by atoms with Crippen LogP contribution in [0.15, 0.2) is 18.2 Å². The second-order valence-corrected chi connectivity index (χ2v) is 6.24. The highest BCUT2D eigenvalue weighted by molar-refractivity contribution is 5.84. The van der Waals surface area contributed by atoms with Crippen molar-refractivity contribution in [1.29, 1.82) is 0 Å². The molecule has 2 atom stereocenters. The summed E-state index contributed by atoms with van der Waals surface area (Å²) in [5, 5.41) is 3.46. The number of benzene rings is 1. The lowest BCUT2D eigenvalue weighted by molar-refractivity contribution is -0.134. The van der Waals surface area contributed by atoms with E-state index in [1.54, 1.807) is 0 Å². The zero-order valence-corrected chi connectivity index (χ0v) is 13.1. The zero-order chi connectivity index (χ0) is 15.0. The van der Waals surface area contributed by atoms with E-state index in [1.165, 1.54) is 16.7 Å². The fourth-order valence-corrected chi connectivity index (χ4v) is 3.47. The van der Waals surface area contributed by atoms with Gasteiger partial charge in [-0.3, -0.25) is 10.1 Å². The van der Waals surface area contributed by atoms with E-state index < -0.39 is 0 Å². The Labute approximate surface area is 126 Å². The van der Waals surface area contributed by atoms with Crippen LogP contribution >= 0.6 is 0 Å². The minimum Gasteiger partial charge on any atom is -0.381 e. The first-order valence-electron chi connectivity index (χ1n) is 7.81. The molecule has 0 radical (unpaired) electrons. The van der Waals surface area contributed by atoms with E-state index in [2.05, 4.69) is 42.3 Å². The molecule has 2 aliphatic heterocycles. The fraction of sp³-hybridized carbons (Fsp3) is 0.588. The average Bonchev–Trinajstić information content (AvgIpc) is 2.75. The van der Waals surface area contributed by atoms with Gasteiger partial charge in [-0.05, 0) is 44.7 Å². The van der Waals surface area contributed by atoms with Crippen LogP contribution < -0.4 is 5.32 Å². The van der Waals surface area contributed by atoms with E-state index in [1.807, 2.05) is 6.92 Å². The quantitative estimate of drug-likeness (QED) is 0.908. The van der Waals surface area contributed by atoms with Gasteiger partial charge in [0.1, 0.15) is 6.17 Å². The summed E-state index contributed by atoms with van der Waals surface area (Å²) < 4.78 is 5.44. The van der Waals surface area contributed by atoms with Crippen molar-refractivity contribution in [2.45, 2.75) is 51.9 Å². The van der Waals surface area contributed by atoms with E-state index in [0.717, 1.165) is 26.1 Å². The maximum Gasteiger partial charge on any atom is 0.241 e. The molecule has 1 aromatic rings. The molecule has 2 saturated heterocycles. The largest absolute Gasteiger partial charge is 0.381 e. The van der Waals surface area contributed by atoms with E-state index in [0.29, 0.717) is 0 Å². The van der Waals surface area contributed by atoms with Crippen molar-refractivity contribution in [2.75, 3.05) is 13.2 Å². The Morgan fingerprint density at radius 3 is 2.62 bits per heavy atom. The molecule has 0 aromatic heterocycles. The summed E-state index contributed by atoms with van der Waals surface area (Å²) in [5.74, 6) is 0.215. The lowest BCUT2D eigenvalue weighted by Gasteiger charge is -2.35. The predicted octanol–water partition coefficient (Wildman–Crippen LogP) is 2.30. The summed E-state index contributed by atoms with van der Waals surface area (Å²) >= 11 is 0. The molecule has 4 nitrogen and oxygen atoms in total. The van der Waals surface area contributed by atoms with Gasteiger partial charge in [0.05, 0.1) is 6.04 Å². The van der Waals surface area contributed by atoms with E-state index in [4.69, 9.17) is 4.74 Å². The lowest BCUT2D eigenvalue weighted by atomic mass is 10.0. The van der Waals surface area contributed by atoms with Crippen LogP contribution in [0.4, 0.5) is 0 Å². The van der Waals surface area contributed by atoms with Crippen molar-refractivity contribution >= 4 is 5.91 Å². The van der Waals surface area contributed by atoms with Crippen LogP contribution in [0.5, 0.6) is 0 Å². The molecule has 2 fully saturated rings. The van der Waals surface area contributed by atoms with Crippen molar-refractivity contribution in [2.24, 2.45) is 0 Å². The number of carbonyl (C=O) groups excluding carboxylic acids is 1. The predicted molar refractivity (Wildman–Crippen MR) is 81.9 cm³/mol. The number of nitrogens with one attached hydrogen (secondary N) is 1. The second-order valence-electron chi connectivity index (χ2n) is 6.24. The third kappa shape index (κ3) is 2.70. The molecule has 1 amide bonds. The van der Waals surface area contributed by atoms with Gasteiger partial charge in [-0.2, -0.15) is 0 Å². The molecule has 0 spiro atoms. The maximum absolute atomic E-state index is 12.6. The molecule has 0 saturated carbocycles. The summed E-state index contributed by atoms with van der Waals surface area (Å²) in [7, 11) is 0. The minimum atomic E-state index is -0.112. The third-order valence-corrected chi connectivity index (χ3v) is 4.62. The number of amides is 1. The molecule has 21 heavy (non-hydrogen) atoms. The summed E-state index contributed by atoms with van der Waals surface area (Å²) in [6.45, 7) is 7.69. The van der Waals surface area contributed by atoms with Crippen molar-refractivity contribution in [3.05, 3.63) is 34.9 Å². The average molecular weight is 288 g/mol. The van der Waals surface area contributed by atoms with Gasteiger partial charge < -0.3 is 9.64 Å². The number of rotatable bonds is 2. The molecule has 3 rings (SSSR count). The molecular formula is C17H24N2O2. The Morgan fingerprint density at radius 2 is 1.95 bits per heavy atom. The SMILES string of the molecule is Cc1ccc(C2NC(C)C(=O)N2C2CCOCC2)c(C)c1. The van der Waals surface area contributed by atoms with Gasteiger partial charge in [0.2, 0.25) is 5.91 Å². The van der Waals surface area contributed by atoms with Crippen LogP contribution in [0.3, 0.4) is 0 Å². The first kappa shape index (κ1) is 14.5. The van der Waals surface area contributed by atoms with Gasteiger partial charge in [0, 0.05) is 19.3 Å². The Bertz CT molecular complexity index is 538. The van der Waals surface area contributed by atoms with Gasteiger partial charge in [-0.1, -0.05) is 23.8 Å². The van der Waals surface area contributed by atoms with Gasteiger partial charge in [-0.25, -0.2) is 0 Å². The Morgan fingerprint density at radius 1 is 1.24 bits per heavy atom. The molecule has 0 aliphatic carbocycles. The number of aryl methyl sites for hydroxylation is 2. The fourth-order valence-electron chi connectivity index (χ4n) is 3.47. The summed E-state index contributed by atoms with van der Waals surface area (Å²) in [5.41, 5.74) is 3.71. The summed E-state index contributed by atoms with van der Waals surface area (Å²) in [6.07, 6.45) is 1.86. The molecule has 2 unspecified atom stereocenters. The topological polar surface area (TPSA) is 41.6 Å². The summed E-state index contributed by atoms with van der Waals surface area (Å²) in [6, 6.07) is 6.64. The van der Waals surface area contributed by atoms with Crippen LogP contribution in [0.1, 0.15) is 42.6 Å². The Kier molecular flexibility index (Phi) is 4.00. The van der Waals surface area contributed by atoms with Crippen molar-refractivity contribution < 1.29 is 9.53 Å². The van der Waals surface area contributed by atoms with Crippen LogP contribution in [-0.2, 0) is 9.53 Å². The highest BCUT2D eigenvalue weighted by Gasteiger charge is 2.41. The smallest absolute Gasteiger partial charge is 0.241 e. The van der Waals surface area contributed by atoms with Crippen LogP contribution in [0.2, 0.25) is 0 Å². The van der Waals surface area contributed by atoms with Crippen molar-refractivity contribution in [3.8, 4) is 0 Å². The molecule has 4 heteroatoms. The monoisotopic (exact) mass is 288 g/mol. The molecule has 1 N–H and O–H groups in total. The molecular weight excluding hydrogens is 264 g/mol. The van der Waals surface area contributed by atoms with E-state index >= 15 is 0 Å². The van der Waals surface area contributed by atoms with Crippen LogP contribution in [0, 0.1) is 13.8 Å². The standard InChI is InChI=1S/C17H24N2O2/c1-11-4-5-15(12(2)10-11)16-18-13(3)17(20)19(16)14-6-8-21-9-7-14/h4-5,10,13-14,16,18H,6-9H2,1-3H3. The van der Waals surface area contributed by atoms with Crippen LogP contribution in [-0.4, -0.2) is 36.1 Å². The maximum atomic E-state index is 12.6. The highest BCUT2D eigenvalue weighted by atomic mass is 16.5. The number of nitrogens with zero attached hydrogens (tertiary/aromatic N) is 1. The second kappa shape index (κ2) is 5.78. The zero-order valence-electron chi connectivity index (χ0n) is 13.1. The molecule has 1 aromatic carbocycles. The Hall–Kier alpha value is -1.39. The first-order valence-corrected chi connectivity index (χ1v) is 7.81. The first-order chi connectivity index (χ1) is 10.1. The minimum absolute atomic E-state index is 0.00352. The van der Waals surface area contributed by atoms with Gasteiger partial charge in [0.15, 0.2) is 0 Å². The number of ether oxygens (including phenoxy) is 1. The molecule has 114 valence electrons. The van der Waals surface area contributed by atoms with Gasteiger partial charge in [-0.15, -0.1) is 0 Å². The molecule has 2 aliphatic rings. The van der Waals surface area contributed by atoms with Crippen LogP contribution in [0.25, 0.3) is 0 Å². The third-order valence-electron chi connectivity index (χ3n) is 4.62. The molecule has 2 heterocycles.